The van der Waals surface area contributed by atoms with E-state index in [4.69, 9.17) is 18.6 Å². The Hall–Kier alpha value is -3.73. The van der Waals surface area contributed by atoms with Gasteiger partial charge in [0.15, 0.2) is 0 Å². The summed E-state index contributed by atoms with van der Waals surface area (Å²) in [5, 5.41) is 0.762. The fraction of sp³-hybridized carbons (Fsp3) is 0.160. The Morgan fingerprint density at radius 1 is 0.933 bits per heavy atom. The van der Waals surface area contributed by atoms with Crippen LogP contribution in [-0.4, -0.2) is 7.11 Å². The lowest BCUT2D eigenvalue weighted by atomic mass is 9.78. The van der Waals surface area contributed by atoms with Crippen LogP contribution in [0.4, 0.5) is 0 Å². The van der Waals surface area contributed by atoms with Crippen LogP contribution in [0.5, 0.6) is 17.2 Å². The maximum absolute atomic E-state index is 13.0. The molecule has 2 bridgehead atoms. The molecule has 148 valence electrons. The van der Waals surface area contributed by atoms with E-state index in [0.717, 1.165) is 22.3 Å². The van der Waals surface area contributed by atoms with Crippen LogP contribution < -0.4 is 19.8 Å². The first kappa shape index (κ1) is 17.2. The summed E-state index contributed by atoms with van der Waals surface area (Å²) in [5.74, 6) is 0.757. The summed E-state index contributed by atoms with van der Waals surface area (Å²) >= 11 is 0. The first-order valence-electron chi connectivity index (χ1n) is 9.86. The number of benzene rings is 3. The largest absolute Gasteiger partial charge is 0.497 e. The Morgan fingerprint density at radius 3 is 2.53 bits per heavy atom. The molecule has 2 aliphatic rings. The lowest BCUT2D eigenvalue weighted by molar-refractivity contribution is -0.148. The zero-order valence-corrected chi connectivity index (χ0v) is 16.3. The topological polar surface area (TPSA) is 57.9 Å². The van der Waals surface area contributed by atoms with Crippen LogP contribution in [0.3, 0.4) is 0 Å². The van der Waals surface area contributed by atoms with E-state index in [-0.39, 0.29) is 11.5 Å². The van der Waals surface area contributed by atoms with Gasteiger partial charge in [0, 0.05) is 23.5 Å². The van der Waals surface area contributed by atoms with Gasteiger partial charge in [-0.3, -0.25) is 0 Å². The number of methoxy groups -OCH3 is 1. The molecule has 4 aromatic rings. The zero-order chi connectivity index (χ0) is 20.3. The van der Waals surface area contributed by atoms with Crippen molar-refractivity contribution in [2.75, 3.05) is 7.11 Å². The van der Waals surface area contributed by atoms with Crippen molar-refractivity contribution in [3.8, 4) is 17.2 Å². The van der Waals surface area contributed by atoms with Gasteiger partial charge in [-0.15, -0.1) is 0 Å². The minimum atomic E-state index is -1.05. The molecule has 2 atom stereocenters. The lowest BCUT2D eigenvalue weighted by Gasteiger charge is -2.46. The minimum absolute atomic E-state index is 0.193. The Labute approximate surface area is 172 Å². The molecule has 5 heteroatoms. The standard InChI is InChI=1S/C25H18O5/c1-27-16-12-10-15(11-13-16)25-14-19(17-6-2-5-9-21(17)29-25)22-23(30-25)18-7-3-4-8-20(18)28-24(22)26/h2-13,19H,14H2,1H3/t19-,25-/m0/s1. The molecule has 3 aromatic carbocycles. The molecule has 3 heterocycles. The number of hydrogen-bond donors (Lipinski definition) is 0. The number of ether oxygens (including phenoxy) is 3. The van der Waals surface area contributed by atoms with Gasteiger partial charge in [0.25, 0.3) is 5.79 Å². The van der Waals surface area contributed by atoms with Gasteiger partial charge < -0.3 is 18.6 Å². The predicted molar refractivity (Wildman–Crippen MR) is 111 cm³/mol. The summed E-state index contributed by atoms with van der Waals surface area (Å²) < 4.78 is 24.0. The highest BCUT2D eigenvalue weighted by molar-refractivity contribution is 5.85. The fourth-order valence-electron chi connectivity index (χ4n) is 4.57. The highest BCUT2D eigenvalue weighted by Gasteiger charge is 2.51. The molecule has 0 amide bonds. The monoisotopic (exact) mass is 398 g/mol. The molecule has 0 saturated heterocycles. The van der Waals surface area contributed by atoms with Gasteiger partial charge in [0.05, 0.1) is 18.1 Å². The molecule has 6 rings (SSSR count). The second kappa shape index (κ2) is 6.13. The number of para-hydroxylation sites is 2. The lowest BCUT2D eigenvalue weighted by Crippen LogP contribution is -2.48. The molecule has 0 unspecified atom stereocenters. The van der Waals surface area contributed by atoms with Gasteiger partial charge in [-0.25, -0.2) is 4.79 Å². The number of rotatable bonds is 2. The van der Waals surface area contributed by atoms with Crippen LogP contribution in [0, 0.1) is 0 Å². The van der Waals surface area contributed by atoms with Crippen LogP contribution in [0.1, 0.15) is 29.0 Å². The number of fused-ring (bicyclic) bond motifs is 8. The second-order valence-corrected chi connectivity index (χ2v) is 7.61. The van der Waals surface area contributed by atoms with Gasteiger partial charge in [0.2, 0.25) is 0 Å². The van der Waals surface area contributed by atoms with Crippen molar-refractivity contribution in [2.45, 2.75) is 18.1 Å². The van der Waals surface area contributed by atoms with Crippen LogP contribution >= 0.6 is 0 Å². The van der Waals surface area contributed by atoms with Gasteiger partial charge in [0.1, 0.15) is 22.8 Å². The minimum Gasteiger partial charge on any atom is -0.497 e. The van der Waals surface area contributed by atoms with Crippen molar-refractivity contribution in [1.82, 2.24) is 0 Å². The van der Waals surface area contributed by atoms with Crippen LogP contribution in [0.15, 0.2) is 82.0 Å². The van der Waals surface area contributed by atoms with Crippen molar-refractivity contribution >= 4 is 11.0 Å². The maximum atomic E-state index is 13.0. The average molecular weight is 398 g/mol. The second-order valence-electron chi connectivity index (χ2n) is 7.61. The first-order chi connectivity index (χ1) is 14.7. The van der Waals surface area contributed by atoms with Crippen molar-refractivity contribution in [1.29, 1.82) is 0 Å². The molecule has 5 nitrogen and oxygen atoms in total. The molecule has 0 saturated carbocycles. The molecule has 0 aliphatic carbocycles. The fourth-order valence-corrected chi connectivity index (χ4v) is 4.57. The van der Waals surface area contributed by atoms with E-state index in [2.05, 4.69) is 0 Å². The quantitative estimate of drug-likeness (QED) is 0.447. The Bertz CT molecular complexity index is 1340. The Balaban J connectivity index is 1.65. The van der Waals surface area contributed by atoms with Gasteiger partial charge in [-0.1, -0.05) is 30.3 Å². The van der Waals surface area contributed by atoms with E-state index in [1.807, 2.05) is 66.7 Å². The molecule has 1 aromatic heterocycles. The van der Waals surface area contributed by atoms with Crippen molar-refractivity contribution < 1.29 is 18.6 Å². The molecule has 0 radical (unpaired) electrons. The van der Waals surface area contributed by atoms with Crippen LogP contribution in [-0.2, 0) is 5.79 Å². The molecular weight excluding hydrogens is 380 g/mol. The van der Waals surface area contributed by atoms with Gasteiger partial charge in [-0.2, -0.15) is 0 Å². The van der Waals surface area contributed by atoms with E-state index >= 15 is 0 Å². The number of hydrogen-bond acceptors (Lipinski definition) is 5. The zero-order valence-electron chi connectivity index (χ0n) is 16.3. The SMILES string of the molecule is COc1ccc([C@@]23C[C@@H](c4ccccc4O2)c2c(c4ccccc4oc2=O)O3)cc1. The van der Waals surface area contributed by atoms with Crippen molar-refractivity contribution in [3.05, 3.63) is 99.9 Å². The van der Waals surface area contributed by atoms with Gasteiger partial charge in [-0.05, 0) is 42.5 Å². The molecule has 30 heavy (non-hydrogen) atoms. The smallest absolute Gasteiger partial charge is 0.343 e. The van der Waals surface area contributed by atoms with E-state index < -0.39 is 5.79 Å². The summed E-state index contributed by atoms with van der Waals surface area (Å²) in [6.07, 6.45) is 0.479. The molecule has 0 N–H and O–H groups in total. The third-order valence-electron chi connectivity index (χ3n) is 5.99. The molecule has 2 aliphatic heterocycles. The summed E-state index contributed by atoms with van der Waals surface area (Å²) in [7, 11) is 1.63. The molecule has 0 fully saturated rings. The third kappa shape index (κ3) is 2.32. The van der Waals surface area contributed by atoms with Crippen LogP contribution in [0.2, 0.25) is 0 Å². The van der Waals surface area contributed by atoms with E-state index in [1.54, 1.807) is 13.2 Å². The third-order valence-corrected chi connectivity index (χ3v) is 5.99. The van der Waals surface area contributed by atoms with Crippen molar-refractivity contribution in [2.24, 2.45) is 0 Å². The molecule has 0 spiro atoms. The summed E-state index contributed by atoms with van der Waals surface area (Å²) in [4.78, 5) is 13.0. The summed E-state index contributed by atoms with van der Waals surface area (Å²) in [6.45, 7) is 0. The Morgan fingerprint density at radius 2 is 1.70 bits per heavy atom. The normalized spacial score (nSPS) is 21.2. The predicted octanol–water partition coefficient (Wildman–Crippen LogP) is 4.96. The maximum Gasteiger partial charge on any atom is 0.343 e. The highest BCUT2D eigenvalue weighted by Crippen LogP contribution is 2.55. The van der Waals surface area contributed by atoms with Crippen molar-refractivity contribution in [3.63, 3.8) is 0 Å². The summed E-state index contributed by atoms with van der Waals surface area (Å²) in [6, 6.07) is 22.9. The average Bonchev–Trinajstić information content (AvgIpc) is 2.79. The van der Waals surface area contributed by atoms with Gasteiger partial charge >= 0.3 is 5.63 Å². The Kier molecular flexibility index (Phi) is 3.51. The molecular formula is C25H18O5. The van der Waals surface area contributed by atoms with E-state index in [9.17, 15) is 4.79 Å². The summed E-state index contributed by atoms with van der Waals surface area (Å²) in [5.41, 5.74) is 2.52. The van der Waals surface area contributed by atoms with E-state index in [0.29, 0.717) is 29.1 Å². The van der Waals surface area contributed by atoms with Crippen LogP contribution in [0.25, 0.3) is 11.0 Å². The first-order valence-corrected chi connectivity index (χ1v) is 9.86. The van der Waals surface area contributed by atoms with E-state index in [1.165, 1.54) is 0 Å². The highest BCUT2D eigenvalue weighted by atomic mass is 16.7.